The monoisotopic (exact) mass is 366 g/mol. The summed E-state index contributed by atoms with van der Waals surface area (Å²) in [6, 6.07) is 13.6. The van der Waals surface area contributed by atoms with Crippen molar-refractivity contribution < 1.29 is 14.3 Å². The Kier molecular flexibility index (Phi) is 5.91. The Morgan fingerprint density at radius 2 is 1.89 bits per heavy atom. The number of nitrogens with zero attached hydrogens (tertiary/aromatic N) is 1. The van der Waals surface area contributed by atoms with Crippen LogP contribution in [0.1, 0.15) is 29.2 Å². The molecule has 5 nitrogen and oxygen atoms in total. The van der Waals surface area contributed by atoms with E-state index in [0.29, 0.717) is 13.0 Å². The van der Waals surface area contributed by atoms with Crippen LogP contribution in [0.25, 0.3) is 0 Å². The van der Waals surface area contributed by atoms with E-state index >= 15 is 0 Å². The third-order valence-electron chi connectivity index (χ3n) is 5.17. The molecule has 1 atom stereocenters. The number of hydrogen-bond donors (Lipinski definition) is 1. The Morgan fingerprint density at radius 1 is 1.15 bits per heavy atom. The fourth-order valence-corrected chi connectivity index (χ4v) is 3.68. The largest absolute Gasteiger partial charge is 0.468 e. The molecule has 0 bridgehead atoms. The van der Waals surface area contributed by atoms with Crippen molar-refractivity contribution in [3.05, 3.63) is 64.7 Å². The van der Waals surface area contributed by atoms with E-state index in [2.05, 4.69) is 12.2 Å². The predicted octanol–water partition coefficient (Wildman–Crippen LogP) is 3.10. The number of ether oxygens (including phenoxy) is 1. The highest BCUT2D eigenvalue weighted by Crippen LogP contribution is 2.25. The van der Waals surface area contributed by atoms with Crippen LogP contribution in [0.3, 0.4) is 0 Å². The summed E-state index contributed by atoms with van der Waals surface area (Å²) in [7, 11) is 1.39. The molecule has 0 saturated carbocycles. The van der Waals surface area contributed by atoms with Crippen LogP contribution in [0.2, 0.25) is 0 Å². The number of nitrogens with one attached hydrogen (secondary N) is 1. The molecule has 0 aromatic heterocycles. The smallest absolute Gasteiger partial charge is 0.323 e. The molecule has 2 aromatic rings. The number of carbonyl (C=O) groups is 2. The van der Waals surface area contributed by atoms with Gasteiger partial charge in [-0.25, -0.2) is 0 Å². The fourth-order valence-electron chi connectivity index (χ4n) is 3.68. The van der Waals surface area contributed by atoms with Gasteiger partial charge in [-0.05, 0) is 42.0 Å². The lowest BCUT2D eigenvalue weighted by molar-refractivity contribution is -0.148. The molecule has 1 aliphatic heterocycles. The van der Waals surface area contributed by atoms with E-state index in [-0.39, 0.29) is 18.4 Å². The second-order valence-electron chi connectivity index (χ2n) is 6.93. The lowest BCUT2D eigenvalue weighted by Crippen LogP contribution is -2.49. The number of hydrogen-bond acceptors (Lipinski definition) is 4. The molecule has 0 fully saturated rings. The number of aryl methyl sites for hydroxylation is 2. The SMILES string of the molecule is CCc1cccc(C)c1NC(=O)CN1Cc2ccccc2C[C@@H]1C(=O)OC. The summed E-state index contributed by atoms with van der Waals surface area (Å²) in [5.41, 5.74) is 5.30. The number of benzene rings is 2. The molecule has 0 radical (unpaired) electrons. The van der Waals surface area contributed by atoms with Crippen molar-refractivity contribution in [2.75, 3.05) is 19.0 Å². The molecule has 2 aromatic carbocycles. The molecule has 1 N–H and O–H groups in total. The average Bonchev–Trinajstić information content (AvgIpc) is 2.68. The van der Waals surface area contributed by atoms with Gasteiger partial charge in [-0.1, -0.05) is 49.4 Å². The second-order valence-corrected chi connectivity index (χ2v) is 6.93. The third kappa shape index (κ3) is 4.19. The van der Waals surface area contributed by atoms with Gasteiger partial charge in [-0.3, -0.25) is 14.5 Å². The van der Waals surface area contributed by atoms with Crippen LogP contribution in [0.4, 0.5) is 5.69 Å². The van der Waals surface area contributed by atoms with Gasteiger partial charge in [0.1, 0.15) is 6.04 Å². The summed E-state index contributed by atoms with van der Waals surface area (Å²) in [6.45, 7) is 4.76. The number of carbonyl (C=O) groups excluding carboxylic acids is 2. The summed E-state index contributed by atoms with van der Waals surface area (Å²) in [5.74, 6) is -0.422. The van der Waals surface area contributed by atoms with Gasteiger partial charge in [-0.15, -0.1) is 0 Å². The minimum absolute atomic E-state index is 0.118. The molecule has 27 heavy (non-hydrogen) atoms. The summed E-state index contributed by atoms with van der Waals surface area (Å²) >= 11 is 0. The van der Waals surface area contributed by atoms with E-state index in [1.807, 2.05) is 54.3 Å². The van der Waals surface area contributed by atoms with Crippen molar-refractivity contribution in [1.82, 2.24) is 4.90 Å². The predicted molar refractivity (Wildman–Crippen MR) is 106 cm³/mol. The van der Waals surface area contributed by atoms with Crippen molar-refractivity contribution in [3.8, 4) is 0 Å². The number of fused-ring (bicyclic) bond motifs is 1. The van der Waals surface area contributed by atoms with Crippen LogP contribution in [-0.4, -0.2) is 36.5 Å². The molecule has 5 heteroatoms. The van der Waals surface area contributed by atoms with Gasteiger partial charge in [0.2, 0.25) is 5.91 Å². The lowest BCUT2D eigenvalue weighted by atomic mass is 9.94. The molecule has 0 spiro atoms. The minimum Gasteiger partial charge on any atom is -0.468 e. The number of anilines is 1. The zero-order valence-electron chi connectivity index (χ0n) is 16.1. The van der Waals surface area contributed by atoms with Gasteiger partial charge in [0, 0.05) is 12.2 Å². The Balaban J connectivity index is 1.78. The molecule has 0 saturated heterocycles. The molecule has 1 heterocycles. The van der Waals surface area contributed by atoms with E-state index < -0.39 is 6.04 Å². The fraction of sp³-hybridized carbons (Fsp3) is 0.364. The van der Waals surface area contributed by atoms with E-state index in [4.69, 9.17) is 4.74 Å². The summed E-state index contributed by atoms with van der Waals surface area (Å²) in [6.07, 6.45) is 1.40. The van der Waals surface area contributed by atoms with Crippen molar-refractivity contribution in [2.24, 2.45) is 0 Å². The Hall–Kier alpha value is -2.66. The Morgan fingerprint density at radius 3 is 2.59 bits per heavy atom. The highest BCUT2D eigenvalue weighted by atomic mass is 16.5. The van der Waals surface area contributed by atoms with E-state index in [0.717, 1.165) is 34.4 Å². The molecule has 0 aliphatic carbocycles. The highest BCUT2D eigenvalue weighted by Gasteiger charge is 2.33. The van der Waals surface area contributed by atoms with Crippen LogP contribution < -0.4 is 5.32 Å². The van der Waals surface area contributed by atoms with Gasteiger partial charge in [0.05, 0.1) is 13.7 Å². The zero-order valence-corrected chi connectivity index (χ0v) is 16.1. The zero-order chi connectivity index (χ0) is 19.4. The third-order valence-corrected chi connectivity index (χ3v) is 5.17. The normalized spacial score (nSPS) is 16.5. The maximum atomic E-state index is 12.8. The molecular formula is C22H26N2O3. The second kappa shape index (κ2) is 8.35. The number of rotatable bonds is 5. The molecule has 3 rings (SSSR count). The van der Waals surface area contributed by atoms with E-state index in [9.17, 15) is 9.59 Å². The van der Waals surface area contributed by atoms with Gasteiger partial charge in [-0.2, -0.15) is 0 Å². The molecule has 1 amide bonds. The first-order chi connectivity index (χ1) is 13.0. The minimum atomic E-state index is -0.446. The first kappa shape index (κ1) is 19.1. The molecule has 1 aliphatic rings. The number of esters is 1. The molecule has 0 unspecified atom stereocenters. The Bertz CT molecular complexity index is 847. The van der Waals surface area contributed by atoms with Gasteiger partial charge in [0.15, 0.2) is 0 Å². The van der Waals surface area contributed by atoms with Crippen LogP contribution in [-0.2, 0) is 33.7 Å². The lowest BCUT2D eigenvalue weighted by Gasteiger charge is -2.34. The number of para-hydroxylation sites is 1. The summed E-state index contributed by atoms with van der Waals surface area (Å²) in [4.78, 5) is 26.9. The van der Waals surface area contributed by atoms with Crippen molar-refractivity contribution in [2.45, 2.75) is 39.3 Å². The first-order valence-electron chi connectivity index (χ1n) is 9.30. The molecule has 142 valence electrons. The molecular weight excluding hydrogens is 340 g/mol. The van der Waals surface area contributed by atoms with Crippen LogP contribution in [0.15, 0.2) is 42.5 Å². The van der Waals surface area contributed by atoms with Crippen LogP contribution in [0, 0.1) is 6.92 Å². The number of amides is 1. The maximum absolute atomic E-state index is 12.8. The van der Waals surface area contributed by atoms with Crippen molar-refractivity contribution in [1.29, 1.82) is 0 Å². The van der Waals surface area contributed by atoms with E-state index in [1.165, 1.54) is 7.11 Å². The topological polar surface area (TPSA) is 58.6 Å². The van der Waals surface area contributed by atoms with Crippen molar-refractivity contribution >= 4 is 17.6 Å². The maximum Gasteiger partial charge on any atom is 0.323 e. The van der Waals surface area contributed by atoms with Gasteiger partial charge in [0.25, 0.3) is 0 Å². The summed E-state index contributed by atoms with van der Waals surface area (Å²) in [5, 5.41) is 3.05. The van der Waals surface area contributed by atoms with Crippen LogP contribution >= 0.6 is 0 Å². The first-order valence-corrected chi connectivity index (χ1v) is 9.30. The highest BCUT2D eigenvalue weighted by molar-refractivity contribution is 5.94. The van der Waals surface area contributed by atoms with E-state index in [1.54, 1.807) is 0 Å². The van der Waals surface area contributed by atoms with Crippen molar-refractivity contribution in [3.63, 3.8) is 0 Å². The van der Waals surface area contributed by atoms with Gasteiger partial charge >= 0.3 is 5.97 Å². The standard InChI is InChI=1S/C22H26N2O3/c1-4-16-11-7-8-15(2)21(16)23-20(25)14-24-13-18-10-6-5-9-17(18)12-19(24)22(26)27-3/h5-11,19H,4,12-14H2,1-3H3,(H,23,25)/t19-/m1/s1. The quantitative estimate of drug-likeness (QED) is 0.826. The number of methoxy groups -OCH3 is 1. The summed E-state index contributed by atoms with van der Waals surface area (Å²) < 4.78 is 4.98. The van der Waals surface area contributed by atoms with Crippen LogP contribution in [0.5, 0.6) is 0 Å². The average molecular weight is 366 g/mol. The van der Waals surface area contributed by atoms with Gasteiger partial charge < -0.3 is 10.1 Å². The Labute approximate surface area is 160 Å².